The molecule has 0 atom stereocenters. The molecule has 0 nitrogen and oxygen atoms in total. The summed E-state index contributed by atoms with van der Waals surface area (Å²) in [5, 5.41) is 0. The molecule has 0 saturated heterocycles. The molecule has 1 aromatic rings. The standard InChI is InChI=1S/C18H33P.C8H10/c1-4-10-16(11-5-1)19(17-12-6-2-7-13-17)18-14-8-3-9-15-18;1-7-5-3-4-6-8(7)2/h16-18H,1-15H2;3-6H,1-2H3. The van der Waals surface area contributed by atoms with Crippen LogP contribution < -0.4 is 0 Å². The summed E-state index contributed by atoms with van der Waals surface area (Å²) < 4.78 is 0. The molecule has 0 amide bonds. The average molecular weight is 387 g/mol. The van der Waals surface area contributed by atoms with Gasteiger partial charge in [0.05, 0.1) is 0 Å². The molecule has 3 fully saturated rings. The third kappa shape index (κ3) is 6.59. The van der Waals surface area contributed by atoms with Gasteiger partial charge in [0.2, 0.25) is 0 Å². The molecular weight excluding hydrogens is 343 g/mol. The average Bonchev–Trinajstić information content (AvgIpc) is 2.73. The summed E-state index contributed by atoms with van der Waals surface area (Å²) in [4.78, 5) is 0. The van der Waals surface area contributed by atoms with Crippen molar-refractivity contribution in [1.82, 2.24) is 0 Å². The van der Waals surface area contributed by atoms with Crippen molar-refractivity contribution >= 4 is 7.92 Å². The maximum atomic E-state index is 2.12. The molecule has 3 saturated carbocycles. The highest BCUT2D eigenvalue weighted by Crippen LogP contribution is 2.61. The molecule has 0 N–H and O–H groups in total. The molecule has 3 aliphatic rings. The lowest BCUT2D eigenvalue weighted by Gasteiger charge is -2.44. The van der Waals surface area contributed by atoms with E-state index < -0.39 is 0 Å². The first-order valence-electron chi connectivity index (χ1n) is 12.1. The highest BCUT2D eigenvalue weighted by molar-refractivity contribution is 7.60. The van der Waals surface area contributed by atoms with Gasteiger partial charge >= 0.3 is 0 Å². The van der Waals surface area contributed by atoms with E-state index in [1.165, 1.54) is 47.4 Å². The van der Waals surface area contributed by atoms with Gasteiger partial charge in [-0.15, -0.1) is 0 Å². The van der Waals surface area contributed by atoms with Crippen LogP contribution in [0.4, 0.5) is 0 Å². The highest BCUT2D eigenvalue weighted by atomic mass is 31.1. The lowest BCUT2D eigenvalue weighted by atomic mass is 9.99. The van der Waals surface area contributed by atoms with Gasteiger partial charge in [-0.2, -0.15) is 0 Å². The number of hydrogen-bond donors (Lipinski definition) is 0. The van der Waals surface area contributed by atoms with Gasteiger partial charge in [0.1, 0.15) is 0 Å². The van der Waals surface area contributed by atoms with E-state index in [9.17, 15) is 0 Å². The zero-order valence-corrected chi connectivity index (χ0v) is 19.0. The van der Waals surface area contributed by atoms with E-state index >= 15 is 0 Å². The second-order valence-corrected chi connectivity index (χ2v) is 12.5. The van der Waals surface area contributed by atoms with Crippen LogP contribution in [0.3, 0.4) is 0 Å². The van der Waals surface area contributed by atoms with Crippen molar-refractivity contribution in [3.8, 4) is 0 Å². The molecule has 3 aliphatic carbocycles. The minimum atomic E-state index is 0.385. The molecular formula is C26H43P. The fourth-order valence-electron chi connectivity index (χ4n) is 5.69. The molecule has 4 rings (SSSR count). The van der Waals surface area contributed by atoms with E-state index in [4.69, 9.17) is 0 Å². The van der Waals surface area contributed by atoms with Gasteiger partial charge in [-0.25, -0.2) is 0 Å². The van der Waals surface area contributed by atoms with E-state index in [2.05, 4.69) is 38.1 Å². The Bertz CT molecular complexity index is 455. The Hall–Kier alpha value is -0.350. The Balaban J connectivity index is 0.000000221. The van der Waals surface area contributed by atoms with Gasteiger partial charge < -0.3 is 0 Å². The van der Waals surface area contributed by atoms with Crippen molar-refractivity contribution in [3.05, 3.63) is 35.4 Å². The van der Waals surface area contributed by atoms with E-state index in [-0.39, 0.29) is 0 Å². The molecule has 0 heterocycles. The topological polar surface area (TPSA) is 0 Å². The number of hydrogen-bond acceptors (Lipinski definition) is 0. The number of rotatable bonds is 3. The van der Waals surface area contributed by atoms with Crippen LogP contribution in [0, 0.1) is 13.8 Å². The summed E-state index contributed by atoms with van der Waals surface area (Å²) in [5.41, 5.74) is 6.31. The number of benzene rings is 1. The normalized spacial score (nSPS) is 23.1. The lowest BCUT2D eigenvalue weighted by Crippen LogP contribution is -2.28. The van der Waals surface area contributed by atoms with Gasteiger partial charge in [0, 0.05) is 0 Å². The predicted molar refractivity (Wildman–Crippen MR) is 123 cm³/mol. The maximum Gasteiger partial charge on any atom is -0.0204 e. The molecule has 152 valence electrons. The summed E-state index contributed by atoms with van der Waals surface area (Å²) >= 11 is 0. The van der Waals surface area contributed by atoms with E-state index in [1.54, 1.807) is 77.0 Å². The Morgan fingerprint density at radius 3 is 1.07 bits per heavy atom. The Morgan fingerprint density at radius 2 is 0.815 bits per heavy atom. The molecule has 0 bridgehead atoms. The minimum absolute atomic E-state index is 0.385. The zero-order valence-electron chi connectivity index (χ0n) is 18.1. The summed E-state index contributed by atoms with van der Waals surface area (Å²) in [6, 6.07) is 8.36. The molecule has 0 aromatic heterocycles. The third-order valence-electron chi connectivity index (χ3n) is 7.41. The van der Waals surface area contributed by atoms with E-state index in [0.29, 0.717) is 7.92 Å². The van der Waals surface area contributed by atoms with Gasteiger partial charge in [-0.3, -0.25) is 0 Å². The van der Waals surface area contributed by atoms with Gasteiger partial charge in [0.25, 0.3) is 0 Å². The summed E-state index contributed by atoms with van der Waals surface area (Å²) in [6.07, 6.45) is 23.6. The Kier molecular flexibility index (Phi) is 9.18. The molecule has 0 radical (unpaired) electrons. The van der Waals surface area contributed by atoms with E-state index in [0.717, 1.165) is 0 Å². The maximum absolute atomic E-state index is 2.12. The second-order valence-electron chi connectivity index (χ2n) is 9.41. The predicted octanol–water partition coefficient (Wildman–Crippen LogP) is 8.77. The number of aryl methyl sites for hydroxylation is 2. The summed E-state index contributed by atoms with van der Waals surface area (Å²) in [7, 11) is 0.385. The molecule has 27 heavy (non-hydrogen) atoms. The fourth-order valence-corrected chi connectivity index (χ4v) is 10.4. The van der Waals surface area contributed by atoms with Crippen LogP contribution in [0.1, 0.15) is 107 Å². The van der Waals surface area contributed by atoms with Crippen molar-refractivity contribution in [3.63, 3.8) is 0 Å². The monoisotopic (exact) mass is 386 g/mol. The van der Waals surface area contributed by atoms with Gasteiger partial charge in [-0.05, 0) is 80.5 Å². The molecule has 0 unspecified atom stereocenters. The smallest absolute Gasteiger partial charge is 0.0204 e. The SMILES string of the molecule is C1CCC(P(C2CCCCC2)C2CCCCC2)CC1.Cc1ccccc1C. The Morgan fingerprint density at radius 1 is 0.519 bits per heavy atom. The van der Waals surface area contributed by atoms with Crippen LogP contribution in [0.5, 0.6) is 0 Å². The third-order valence-corrected chi connectivity index (χ3v) is 11.5. The largest absolute Gasteiger partial charge is 0.0971 e. The molecule has 0 aliphatic heterocycles. The summed E-state index contributed by atoms with van der Waals surface area (Å²) in [6.45, 7) is 4.24. The first-order chi connectivity index (χ1) is 13.3. The molecule has 1 aromatic carbocycles. The van der Waals surface area contributed by atoms with Crippen molar-refractivity contribution in [2.75, 3.05) is 0 Å². The van der Waals surface area contributed by atoms with Crippen molar-refractivity contribution in [2.45, 2.75) is 127 Å². The van der Waals surface area contributed by atoms with E-state index in [1.807, 2.05) is 0 Å². The van der Waals surface area contributed by atoms with Gasteiger partial charge in [-0.1, -0.05) is 90.0 Å². The van der Waals surface area contributed by atoms with Gasteiger partial charge in [0.15, 0.2) is 0 Å². The van der Waals surface area contributed by atoms with Crippen LogP contribution in [-0.4, -0.2) is 17.0 Å². The van der Waals surface area contributed by atoms with Crippen molar-refractivity contribution < 1.29 is 0 Å². The fraction of sp³-hybridized carbons (Fsp3) is 0.769. The first kappa shape index (κ1) is 21.4. The lowest BCUT2D eigenvalue weighted by molar-refractivity contribution is 0.460. The highest BCUT2D eigenvalue weighted by Gasteiger charge is 2.36. The van der Waals surface area contributed by atoms with Crippen molar-refractivity contribution in [1.29, 1.82) is 0 Å². The van der Waals surface area contributed by atoms with Crippen LogP contribution in [0.2, 0.25) is 0 Å². The van der Waals surface area contributed by atoms with Crippen molar-refractivity contribution in [2.24, 2.45) is 0 Å². The minimum Gasteiger partial charge on any atom is -0.0971 e. The summed E-state index contributed by atoms with van der Waals surface area (Å²) in [5.74, 6) is 0. The first-order valence-corrected chi connectivity index (χ1v) is 13.6. The Labute approximate surface area is 170 Å². The van der Waals surface area contributed by atoms with Crippen LogP contribution >= 0.6 is 7.92 Å². The van der Waals surface area contributed by atoms with Crippen LogP contribution in [0.25, 0.3) is 0 Å². The van der Waals surface area contributed by atoms with Crippen LogP contribution in [-0.2, 0) is 0 Å². The quantitative estimate of drug-likeness (QED) is 0.455. The van der Waals surface area contributed by atoms with Crippen LogP contribution in [0.15, 0.2) is 24.3 Å². The molecule has 1 heteroatoms. The second kappa shape index (κ2) is 11.6. The zero-order chi connectivity index (χ0) is 18.9. The molecule has 0 spiro atoms.